The summed E-state index contributed by atoms with van der Waals surface area (Å²) in [5, 5.41) is 7.99. The summed E-state index contributed by atoms with van der Waals surface area (Å²) in [4.78, 5) is 13.2. The second kappa shape index (κ2) is 6.62. The Bertz CT molecular complexity index is 991. The van der Waals surface area contributed by atoms with E-state index >= 15 is 0 Å². The molecule has 1 saturated carbocycles. The fraction of sp³-hybridized carbons (Fsp3) is 0.333. The number of rotatable bonds is 4. The molecule has 1 aliphatic carbocycles. The van der Waals surface area contributed by atoms with Gasteiger partial charge in [-0.1, -0.05) is 68.8 Å². The molecule has 1 N–H and O–H groups in total. The predicted molar refractivity (Wildman–Crippen MR) is 113 cm³/mol. The van der Waals surface area contributed by atoms with E-state index in [0.717, 1.165) is 35.6 Å². The van der Waals surface area contributed by atoms with Gasteiger partial charge < -0.3 is 5.32 Å². The number of aromatic nitrogens is 2. The Morgan fingerprint density at radius 1 is 1.04 bits per heavy atom. The SMILES string of the molecule is Cc1ccc(-n2nc(C(C)(C)C)cc2NC(=O)C2(c3ccccc3)CC2)cc1. The standard InChI is InChI=1S/C24H27N3O/c1-17-10-12-19(13-11-17)27-21(16-20(26-27)23(2,3)4)25-22(28)24(14-15-24)18-8-6-5-7-9-18/h5-13,16H,14-15H2,1-4H3,(H,25,28). The summed E-state index contributed by atoms with van der Waals surface area (Å²) >= 11 is 0. The van der Waals surface area contributed by atoms with Gasteiger partial charge in [0.05, 0.1) is 16.8 Å². The number of hydrogen-bond donors (Lipinski definition) is 1. The van der Waals surface area contributed by atoms with Crippen molar-refractivity contribution in [2.45, 2.75) is 51.4 Å². The van der Waals surface area contributed by atoms with Gasteiger partial charge in [0.1, 0.15) is 5.82 Å². The lowest BCUT2D eigenvalue weighted by Gasteiger charge is -2.16. The zero-order valence-electron chi connectivity index (χ0n) is 17.0. The van der Waals surface area contributed by atoms with Crippen LogP contribution in [0.1, 0.15) is 50.4 Å². The Morgan fingerprint density at radius 3 is 2.25 bits per heavy atom. The summed E-state index contributed by atoms with van der Waals surface area (Å²) in [6, 6.07) is 20.3. The minimum Gasteiger partial charge on any atom is -0.310 e. The summed E-state index contributed by atoms with van der Waals surface area (Å²) in [6.45, 7) is 8.46. The Hall–Kier alpha value is -2.88. The van der Waals surface area contributed by atoms with Crippen LogP contribution in [0.5, 0.6) is 0 Å². The van der Waals surface area contributed by atoms with E-state index in [0.29, 0.717) is 0 Å². The number of anilines is 1. The van der Waals surface area contributed by atoms with E-state index < -0.39 is 5.41 Å². The molecule has 0 bridgehead atoms. The van der Waals surface area contributed by atoms with Gasteiger partial charge in [0.15, 0.2) is 0 Å². The summed E-state index contributed by atoms with van der Waals surface area (Å²) in [5.74, 6) is 0.772. The van der Waals surface area contributed by atoms with Gasteiger partial charge in [0, 0.05) is 11.5 Å². The normalized spacial score (nSPS) is 15.3. The molecule has 0 unspecified atom stereocenters. The molecule has 0 atom stereocenters. The number of aryl methyl sites for hydroxylation is 1. The lowest BCUT2D eigenvalue weighted by molar-refractivity contribution is -0.118. The quantitative estimate of drug-likeness (QED) is 0.687. The Kier molecular flexibility index (Phi) is 4.37. The molecular weight excluding hydrogens is 346 g/mol. The molecule has 144 valence electrons. The molecule has 0 spiro atoms. The number of hydrogen-bond acceptors (Lipinski definition) is 2. The highest BCUT2D eigenvalue weighted by Gasteiger charge is 2.51. The van der Waals surface area contributed by atoms with E-state index in [1.807, 2.05) is 53.2 Å². The van der Waals surface area contributed by atoms with Gasteiger partial charge in [-0.15, -0.1) is 0 Å². The first-order valence-electron chi connectivity index (χ1n) is 9.84. The number of carbonyl (C=O) groups is 1. The van der Waals surface area contributed by atoms with Gasteiger partial charge in [0.25, 0.3) is 0 Å². The van der Waals surface area contributed by atoms with E-state index in [1.165, 1.54) is 5.56 Å². The van der Waals surface area contributed by atoms with Crippen molar-refractivity contribution in [3.8, 4) is 5.69 Å². The third-order valence-corrected chi connectivity index (χ3v) is 5.51. The van der Waals surface area contributed by atoms with Crippen LogP contribution >= 0.6 is 0 Å². The molecule has 2 aromatic carbocycles. The number of nitrogens with one attached hydrogen (secondary N) is 1. The first-order valence-corrected chi connectivity index (χ1v) is 9.84. The number of benzene rings is 2. The van der Waals surface area contributed by atoms with E-state index in [2.05, 4.69) is 45.1 Å². The van der Waals surface area contributed by atoms with Gasteiger partial charge in [-0.3, -0.25) is 4.79 Å². The fourth-order valence-corrected chi connectivity index (χ4v) is 3.48. The first-order chi connectivity index (χ1) is 13.3. The van der Waals surface area contributed by atoms with Gasteiger partial charge >= 0.3 is 0 Å². The van der Waals surface area contributed by atoms with E-state index in [1.54, 1.807) is 0 Å². The van der Waals surface area contributed by atoms with Crippen molar-refractivity contribution in [2.75, 3.05) is 5.32 Å². The highest BCUT2D eigenvalue weighted by molar-refractivity contribution is 6.01. The van der Waals surface area contributed by atoms with Crippen LogP contribution in [-0.4, -0.2) is 15.7 Å². The smallest absolute Gasteiger partial charge is 0.236 e. The van der Waals surface area contributed by atoms with Gasteiger partial charge in [-0.25, -0.2) is 4.68 Å². The number of amides is 1. The van der Waals surface area contributed by atoms with E-state index in [9.17, 15) is 4.79 Å². The summed E-state index contributed by atoms with van der Waals surface area (Å²) in [7, 11) is 0. The lowest BCUT2D eigenvalue weighted by Crippen LogP contribution is -2.28. The Labute approximate surface area is 166 Å². The number of nitrogens with zero attached hydrogens (tertiary/aromatic N) is 2. The maximum absolute atomic E-state index is 13.2. The molecule has 28 heavy (non-hydrogen) atoms. The van der Waals surface area contributed by atoms with Crippen LogP contribution in [0, 0.1) is 6.92 Å². The van der Waals surface area contributed by atoms with Crippen LogP contribution in [0.4, 0.5) is 5.82 Å². The first kappa shape index (κ1) is 18.5. The van der Waals surface area contributed by atoms with Crippen LogP contribution in [-0.2, 0) is 15.6 Å². The minimum absolute atomic E-state index is 0.0485. The molecule has 1 aliphatic rings. The molecule has 4 nitrogen and oxygen atoms in total. The zero-order chi connectivity index (χ0) is 19.9. The summed E-state index contributed by atoms with van der Waals surface area (Å²) < 4.78 is 1.85. The third kappa shape index (κ3) is 3.35. The van der Waals surface area contributed by atoms with Crippen LogP contribution in [0.3, 0.4) is 0 Å². The molecule has 3 aromatic rings. The third-order valence-electron chi connectivity index (χ3n) is 5.51. The van der Waals surface area contributed by atoms with E-state index in [4.69, 9.17) is 5.10 Å². The molecule has 4 heteroatoms. The van der Waals surface area contributed by atoms with Crippen molar-refractivity contribution in [3.05, 3.63) is 77.5 Å². The van der Waals surface area contributed by atoms with Gasteiger partial charge in [0.2, 0.25) is 5.91 Å². The highest BCUT2D eigenvalue weighted by atomic mass is 16.2. The summed E-state index contributed by atoms with van der Waals surface area (Å²) in [6.07, 6.45) is 1.77. The van der Waals surface area contributed by atoms with Crippen molar-refractivity contribution >= 4 is 11.7 Å². The van der Waals surface area contributed by atoms with Crippen molar-refractivity contribution < 1.29 is 4.79 Å². The van der Waals surface area contributed by atoms with Gasteiger partial charge in [-0.2, -0.15) is 5.10 Å². The van der Waals surface area contributed by atoms with Gasteiger partial charge in [-0.05, 0) is 37.5 Å². The maximum atomic E-state index is 13.2. The predicted octanol–water partition coefficient (Wildman–Crippen LogP) is 5.15. The lowest BCUT2D eigenvalue weighted by atomic mass is 9.92. The maximum Gasteiger partial charge on any atom is 0.236 e. The minimum atomic E-state index is -0.411. The fourth-order valence-electron chi connectivity index (χ4n) is 3.48. The van der Waals surface area contributed by atoms with E-state index in [-0.39, 0.29) is 11.3 Å². The topological polar surface area (TPSA) is 46.9 Å². The van der Waals surface area contributed by atoms with Crippen LogP contribution < -0.4 is 5.32 Å². The monoisotopic (exact) mass is 373 g/mol. The molecule has 0 radical (unpaired) electrons. The Balaban J connectivity index is 1.70. The molecule has 0 saturated heterocycles. The summed E-state index contributed by atoms with van der Waals surface area (Å²) in [5.41, 5.74) is 3.66. The molecular formula is C24H27N3O. The second-order valence-corrected chi connectivity index (χ2v) is 8.81. The number of carbonyl (C=O) groups excluding carboxylic acids is 1. The van der Waals surface area contributed by atoms with Crippen molar-refractivity contribution in [2.24, 2.45) is 0 Å². The molecule has 4 rings (SSSR count). The zero-order valence-corrected chi connectivity index (χ0v) is 17.0. The van der Waals surface area contributed by atoms with Crippen LogP contribution in [0.25, 0.3) is 5.69 Å². The highest BCUT2D eigenvalue weighted by Crippen LogP contribution is 2.49. The molecule has 0 aliphatic heterocycles. The average Bonchev–Trinajstić information content (AvgIpc) is 3.37. The van der Waals surface area contributed by atoms with Crippen molar-refractivity contribution in [1.82, 2.24) is 9.78 Å². The van der Waals surface area contributed by atoms with Crippen molar-refractivity contribution in [3.63, 3.8) is 0 Å². The molecule has 1 heterocycles. The molecule has 1 aromatic heterocycles. The second-order valence-electron chi connectivity index (χ2n) is 8.81. The largest absolute Gasteiger partial charge is 0.310 e. The average molecular weight is 374 g/mol. The Morgan fingerprint density at radius 2 is 1.68 bits per heavy atom. The molecule has 1 amide bonds. The van der Waals surface area contributed by atoms with Crippen LogP contribution in [0.15, 0.2) is 60.7 Å². The van der Waals surface area contributed by atoms with Crippen LogP contribution in [0.2, 0.25) is 0 Å². The molecule has 1 fully saturated rings. The van der Waals surface area contributed by atoms with Crippen molar-refractivity contribution in [1.29, 1.82) is 0 Å².